The Balaban J connectivity index is 1.88. The summed E-state index contributed by atoms with van der Waals surface area (Å²) in [6.07, 6.45) is 1.49. The van der Waals surface area contributed by atoms with Gasteiger partial charge in [0.15, 0.2) is 0 Å². The summed E-state index contributed by atoms with van der Waals surface area (Å²) >= 11 is 0. The van der Waals surface area contributed by atoms with Gasteiger partial charge in [0, 0.05) is 24.4 Å². The zero-order valence-corrected chi connectivity index (χ0v) is 11.1. The Morgan fingerprint density at radius 3 is 2.65 bits per heavy atom. The van der Waals surface area contributed by atoms with Crippen molar-refractivity contribution in [3.05, 3.63) is 42.1 Å². The third-order valence-electron chi connectivity index (χ3n) is 4.21. The molecule has 0 spiro atoms. The van der Waals surface area contributed by atoms with E-state index in [0.29, 0.717) is 12.8 Å². The van der Waals surface area contributed by atoms with Crippen molar-refractivity contribution >= 4 is 10.9 Å². The molecular formula is C16H17F2NO. The highest BCUT2D eigenvalue weighted by molar-refractivity contribution is 5.82. The second-order valence-electron chi connectivity index (χ2n) is 5.56. The molecule has 1 aliphatic rings. The van der Waals surface area contributed by atoms with Crippen molar-refractivity contribution in [1.29, 1.82) is 0 Å². The van der Waals surface area contributed by atoms with Gasteiger partial charge in [0.25, 0.3) is 0 Å². The van der Waals surface area contributed by atoms with E-state index in [2.05, 4.69) is 4.98 Å². The van der Waals surface area contributed by atoms with Gasteiger partial charge in [0.05, 0.1) is 11.6 Å². The Hall–Kier alpha value is -1.55. The number of benzene rings is 1. The molecule has 2 aromatic rings. The summed E-state index contributed by atoms with van der Waals surface area (Å²) in [5.74, 6) is -2.66. The Bertz CT molecular complexity index is 599. The number of pyridine rings is 1. The van der Waals surface area contributed by atoms with Crippen molar-refractivity contribution in [1.82, 2.24) is 4.98 Å². The van der Waals surface area contributed by atoms with E-state index in [1.807, 2.05) is 30.3 Å². The highest BCUT2D eigenvalue weighted by Gasteiger charge is 2.37. The standard InChI is InChI=1S/C16H17F2NO/c17-16(18)8-6-11(7-9-16)15(20)13-3-1-5-14-12(13)4-2-10-19-14/h1-5,10-11,15,20H,6-9H2. The fourth-order valence-corrected chi connectivity index (χ4v) is 3.02. The second-order valence-corrected chi connectivity index (χ2v) is 5.56. The van der Waals surface area contributed by atoms with E-state index < -0.39 is 12.0 Å². The molecule has 1 aliphatic carbocycles. The number of hydrogen-bond acceptors (Lipinski definition) is 2. The van der Waals surface area contributed by atoms with Crippen LogP contribution in [-0.4, -0.2) is 16.0 Å². The minimum atomic E-state index is -2.56. The fourth-order valence-electron chi connectivity index (χ4n) is 3.02. The van der Waals surface area contributed by atoms with Crippen molar-refractivity contribution in [3.8, 4) is 0 Å². The fraction of sp³-hybridized carbons (Fsp3) is 0.438. The van der Waals surface area contributed by atoms with E-state index in [4.69, 9.17) is 0 Å². The van der Waals surface area contributed by atoms with E-state index in [1.165, 1.54) is 0 Å². The van der Waals surface area contributed by atoms with Gasteiger partial charge in [0.1, 0.15) is 0 Å². The molecule has 1 aromatic carbocycles. The number of halogens is 2. The molecule has 20 heavy (non-hydrogen) atoms. The number of aromatic nitrogens is 1. The maximum atomic E-state index is 13.2. The molecule has 2 nitrogen and oxygen atoms in total. The first-order valence-electron chi connectivity index (χ1n) is 6.96. The third-order valence-corrected chi connectivity index (χ3v) is 4.21. The Morgan fingerprint density at radius 2 is 1.90 bits per heavy atom. The van der Waals surface area contributed by atoms with Gasteiger partial charge in [-0.2, -0.15) is 0 Å². The van der Waals surface area contributed by atoms with Gasteiger partial charge >= 0.3 is 0 Å². The molecule has 1 atom stereocenters. The van der Waals surface area contributed by atoms with Gasteiger partial charge < -0.3 is 5.11 Å². The Morgan fingerprint density at radius 1 is 1.15 bits per heavy atom. The first-order valence-corrected chi connectivity index (χ1v) is 6.96. The molecule has 106 valence electrons. The predicted molar refractivity (Wildman–Crippen MR) is 73.6 cm³/mol. The predicted octanol–water partition coefficient (Wildman–Crippen LogP) is 4.09. The van der Waals surface area contributed by atoms with E-state index in [0.717, 1.165) is 16.5 Å². The first-order chi connectivity index (χ1) is 9.57. The van der Waals surface area contributed by atoms with Crippen molar-refractivity contribution in [2.45, 2.75) is 37.7 Å². The lowest BCUT2D eigenvalue weighted by molar-refractivity contribution is -0.0625. The molecule has 0 radical (unpaired) electrons. The minimum Gasteiger partial charge on any atom is -0.388 e. The molecule has 3 rings (SSSR count). The molecule has 1 unspecified atom stereocenters. The monoisotopic (exact) mass is 277 g/mol. The molecule has 0 aliphatic heterocycles. The van der Waals surface area contributed by atoms with Gasteiger partial charge in [-0.1, -0.05) is 18.2 Å². The van der Waals surface area contributed by atoms with E-state index in [9.17, 15) is 13.9 Å². The number of nitrogens with zero attached hydrogens (tertiary/aromatic N) is 1. The van der Waals surface area contributed by atoms with Crippen LogP contribution in [0.4, 0.5) is 8.78 Å². The Labute approximate surface area is 116 Å². The van der Waals surface area contributed by atoms with Crippen LogP contribution in [0.1, 0.15) is 37.4 Å². The molecule has 1 heterocycles. The molecule has 1 aromatic heterocycles. The smallest absolute Gasteiger partial charge is 0.248 e. The molecule has 1 N–H and O–H groups in total. The van der Waals surface area contributed by atoms with Crippen LogP contribution in [0.3, 0.4) is 0 Å². The van der Waals surface area contributed by atoms with Gasteiger partial charge in [-0.25, -0.2) is 8.78 Å². The van der Waals surface area contributed by atoms with Crippen LogP contribution in [-0.2, 0) is 0 Å². The molecule has 0 bridgehead atoms. The molecule has 1 fully saturated rings. The summed E-state index contributed by atoms with van der Waals surface area (Å²) in [7, 11) is 0. The van der Waals surface area contributed by atoms with Crippen LogP contribution in [0.2, 0.25) is 0 Å². The number of rotatable bonds is 2. The molecule has 1 saturated carbocycles. The van der Waals surface area contributed by atoms with Gasteiger partial charge in [-0.15, -0.1) is 0 Å². The average Bonchev–Trinajstić information content (AvgIpc) is 2.46. The van der Waals surface area contributed by atoms with Crippen molar-refractivity contribution < 1.29 is 13.9 Å². The summed E-state index contributed by atoms with van der Waals surface area (Å²) < 4.78 is 26.4. The van der Waals surface area contributed by atoms with Crippen molar-refractivity contribution in [2.75, 3.05) is 0 Å². The zero-order valence-electron chi connectivity index (χ0n) is 11.1. The number of alkyl halides is 2. The largest absolute Gasteiger partial charge is 0.388 e. The van der Waals surface area contributed by atoms with Gasteiger partial charge in [0.2, 0.25) is 5.92 Å². The minimum absolute atomic E-state index is 0.0968. The van der Waals surface area contributed by atoms with Crippen LogP contribution in [0.25, 0.3) is 10.9 Å². The molecule has 4 heteroatoms. The lowest BCUT2D eigenvalue weighted by Gasteiger charge is -2.31. The number of aliphatic hydroxyl groups is 1. The van der Waals surface area contributed by atoms with Crippen molar-refractivity contribution in [2.24, 2.45) is 5.92 Å². The number of aliphatic hydroxyl groups excluding tert-OH is 1. The van der Waals surface area contributed by atoms with Crippen LogP contribution in [0.15, 0.2) is 36.5 Å². The van der Waals surface area contributed by atoms with Crippen LogP contribution in [0.5, 0.6) is 0 Å². The maximum Gasteiger partial charge on any atom is 0.248 e. The summed E-state index contributed by atoms with van der Waals surface area (Å²) in [6, 6.07) is 9.35. The van der Waals surface area contributed by atoms with E-state index in [-0.39, 0.29) is 18.8 Å². The summed E-state index contributed by atoms with van der Waals surface area (Å²) in [5.41, 5.74) is 1.62. The quantitative estimate of drug-likeness (QED) is 0.896. The summed E-state index contributed by atoms with van der Waals surface area (Å²) in [5, 5.41) is 11.4. The van der Waals surface area contributed by atoms with Crippen molar-refractivity contribution in [3.63, 3.8) is 0 Å². The molecular weight excluding hydrogens is 260 g/mol. The lowest BCUT2D eigenvalue weighted by atomic mass is 9.80. The highest BCUT2D eigenvalue weighted by atomic mass is 19.3. The van der Waals surface area contributed by atoms with Gasteiger partial charge in [-0.3, -0.25) is 4.98 Å². The highest BCUT2D eigenvalue weighted by Crippen LogP contribution is 2.42. The molecule has 0 amide bonds. The number of fused-ring (bicyclic) bond motifs is 1. The number of hydrogen-bond donors (Lipinski definition) is 1. The van der Waals surface area contributed by atoms with Crippen LogP contribution in [0, 0.1) is 5.92 Å². The Kier molecular flexibility index (Phi) is 3.42. The SMILES string of the molecule is OC(c1cccc2ncccc12)C1CCC(F)(F)CC1. The summed E-state index contributed by atoms with van der Waals surface area (Å²) in [6.45, 7) is 0. The third kappa shape index (κ3) is 2.52. The maximum absolute atomic E-state index is 13.2. The lowest BCUT2D eigenvalue weighted by Crippen LogP contribution is -2.27. The average molecular weight is 277 g/mol. The van der Waals surface area contributed by atoms with Crippen LogP contribution < -0.4 is 0 Å². The van der Waals surface area contributed by atoms with E-state index in [1.54, 1.807) is 6.20 Å². The zero-order chi connectivity index (χ0) is 14.2. The normalized spacial score (nSPS) is 20.9. The van der Waals surface area contributed by atoms with Gasteiger partial charge in [-0.05, 0) is 36.5 Å². The first kappa shape index (κ1) is 13.4. The summed E-state index contributed by atoms with van der Waals surface area (Å²) in [4.78, 5) is 4.26. The second kappa shape index (κ2) is 5.09. The van der Waals surface area contributed by atoms with E-state index >= 15 is 0 Å². The topological polar surface area (TPSA) is 33.1 Å². The van der Waals surface area contributed by atoms with Crippen LogP contribution >= 0.6 is 0 Å². The molecule has 0 saturated heterocycles.